The molecule has 0 aliphatic carbocycles. The smallest absolute Gasteiger partial charge is 0.320 e. The predicted octanol–water partition coefficient (Wildman–Crippen LogP) is 4.56. The molecule has 1 atom stereocenters. The second-order valence-electron chi connectivity index (χ2n) is 9.55. The Labute approximate surface area is 207 Å². The van der Waals surface area contributed by atoms with Crippen LogP contribution in [0.15, 0.2) is 36.4 Å². The van der Waals surface area contributed by atoms with E-state index in [2.05, 4.69) is 22.7 Å². The van der Waals surface area contributed by atoms with Crippen LogP contribution in [-0.2, 0) is 13.0 Å². The average Bonchev–Trinajstić information content (AvgIpc) is 3.41. The second-order valence-corrected chi connectivity index (χ2v) is 9.55. The standard InChI is InChI=1S/C28H31N5O2/c1-20-18-31(11-12-33(20)28(35)32-9-4-5-10-32)19-25-14-22(17-29)13-24(21(25)2)16-27(34)23-7-6-8-26(15-23)30-3/h6-8,13-15,20H,4-5,9-12,16,18-19H2,1-2H3/t20-/m0/s1. The Morgan fingerprint density at radius 3 is 2.54 bits per heavy atom. The molecule has 0 bridgehead atoms. The highest BCUT2D eigenvalue weighted by Gasteiger charge is 2.31. The minimum atomic E-state index is -0.0673. The minimum absolute atomic E-state index is 0.0673. The molecule has 2 aromatic rings. The van der Waals surface area contributed by atoms with Crippen molar-refractivity contribution in [3.05, 3.63) is 75.6 Å². The van der Waals surface area contributed by atoms with Gasteiger partial charge in [0.2, 0.25) is 0 Å². The summed E-state index contributed by atoms with van der Waals surface area (Å²) in [5.41, 5.74) is 4.38. The van der Waals surface area contributed by atoms with Gasteiger partial charge in [-0.3, -0.25) is 9.69 Å². The average molecular weight is 470 g/mol. The molecule has 0 spiro atoms. The monoisotopic (exact) mass is 469 g/mol. The van der Waals surface area contributed by atoms with Crippen LogP contribution in [0.3, 0.4) is 0 Å². The van der Waals surface area contributed by atoms with E-state index in [4.69, 9.17) is 6.57 Å². The van der Waals surface area contributed by atoms with E-state index in [1.807, 2.05) is 22.8 Å². The van der Waals surface area contributed by atoms with E-state index in [9.17, 15) is 14.9 Å². The first-order chi connectivity index (χ1) is 16.9. The number of hydrogen-bond donors (Lipinski definition) is 0. The fraction of sp³-hybridized carbons (Fsp3) is 0.429. The minimum Gasteiger partial charge on any atom is -0.325 e. The van der Waals surface area contributed by atoms with E-state index in [0.717, 1.165) is 55.7 Å². The first-order valence-corrected chi connectivity index (χ1v) is 12.2. The van der Waals surface area contributed by atoms with Crippen LogP contribution in [0.5, 0.6) is 0 Å². The molecular formula is C28H31N5O2. The van der Waals surface area contributed by atoms with E-state index in [0.29, 0.717) is 29.9 Å². The summed E-state index contributed by atoms with van der Waals surface area (Å²) in [7, 11) is 0. The number of Topliss-reactive ketones (excluding diaryl/α,β-unsaturated/α-hetero) is 1. The molecule has 0 unspecified atom stereocenters. The summed E-state index contributed by atoms with van der Waals surface area (Å²) >= 11 is 0. The number of nitrogens with zero attached hydrogens (tertiary/aromatic N) is 5. The largest absolute Gasteiger partial charge is 0.325 e. The SMILES string of the molecule is [C-]#[N+]c1cccc(C(=O)Cc2cc(C#N)cc(CN3CCN(C(=O)N4CCCC4)[C@@H](C)C3)c2C)c1. The van der Waals surface area contributed by atoms with Gasteiger partial charge in [0.15, 0.2) is 11.5 Å². The third kappa shape index (κ3) is 5.53. The molecular weight excluding hydrogens is 438 g/mol. The zero-order chi connectivity index (χ0) is 24.9. The number of carbonyl (C=O) groups excluding carboxylic acids is 2. The summed E-state index contributed by atoms with van der Waals surface area (Å²) in [4.78, 5) is 35.5. The van der Waals surface area contributed by atoms with Gasteiger partial charge < -0.3 is 9.80 Å². The Hall–Kier alpha value is -3.68. The zero-order valence-corrected chi connectivity index (χ0v) is 20.5. The Bertz CT molecular complexity index is 1200. The molecule has 0 saturated carbocycles. The number of carbonyl (C=O) groups is 2. The van der Waals surface area contributed by atoms with Gasteiger partial charge in [-0.25, -0.2) is 9.64 Å². The maximum Gasteiger partial charge on any atom is 0.320 e. The number of likely N-dealkylation sites (tertiary alicyclic amines) is 1. The molecule has 7 nitrogen and oxygen atoms in total. The molecule has 180 valence electrons. The number of hydrogen-bond acceptors (Lipinski definition) is 4. The summed E-state index contributed by atoms with van der Waals surface area (Å²) in [5.74, 6) is -0.0673. The van der Waals surface area contributed by atoms with Gasteiger partial charge in [0.05, 0.1) is 18.2 Å². The summed E-state index contributed by atoms with van der Waals surface area (Å²) in [6.07, 6.45) is 2.36. The highest BCUT2D eigenvalue weighted by atomic mass is 16.2. The van der Waals surface area contributed by atoms with Crippen LogP contribution in [0.4, 0.5) is 10.5 Å². The van der Waals surface area contributed by atoms with Crippen molar-refractivity contribution >= 4 is 17.5 Å². The Balaban J connectivity index is 1.47. The van der Waals surface area contributed by atoms with Gasteiger partial charge in [-0.15, -0.1) is 0 Å². The normalized spacial score (nSPS) is 18.2. The van der Waals surface area contributed by atoms with Gasteiger partial charge in [0.25, 0.3) is 0 Å². The lowest BCUT2D eigenvalue weighted by molar-refractivity contribution is 0.0814. The molecule has 2 aromatic carbocycles. The van der Waals surface area contributed by atoms with Gasteiger partial charge in [-0.05, 0) is 61.6 Å². The fourth-order valence-electron chi connectivity index (χ4n) is 5.07. The molecule has 4 rings (SSSR count). The van der Waals surface area contributed by atoms with Crippen LogP contribution in [0.25, 0.3) is 4.85 Å². The van der Waals surface area contributed by atoms with Crippen LogP contribution in [0.1, 0.15) is 52.4 Å². The number of benzene rings is 2. The Kier molecular flexibility index (Phi) is 7.48. The van der Waals surface area contributed by atoms with Crippen molar-refractivity contribution in [3.63, 3.8) is 0 Å². The van der Waals surface area contributed by atoms with Crippen molar-refractivity contribution < 1.29 is 9.59 Å². The molecule has 2 heterocycles. The topological polar surface area (TPSA) is 72.0 Å². The van der Waals surface area contributed by atoms with E-state index in [1.165, 1.54) is 0 Å². The number of rotatable bonds is 5. The van der Waals surface area contributed by atoms with Gasteiger partial charge in [0.1, 0.15) is 0 Å². The molecule has 2 fully saturated rings. The lowest BCUT2D eigenvalue weighted by atomic mass is 9.93. The van der Waals surface area contributed by atoms with Crippen LogP contribution < -0.4 is 0 Å². The van der Waals surface area contributed by atoms with Gasteiger partial charge in [0, 0.05) is 57.3 Å². The molecule has 0 radical (unpaired) electrons. The van der Waals surface area contributed by atoms with Crippen LogP contribution in [0.2, 0.25) is 0 Å². The highest BCUT2D eigenvalue weighted by molar-refractivity contribution is 5.98. The lowest BCUT2D eigenvalue weighted by Crippen LogP contribution is -2.56. The summed E-state index contributed by atoms with van der Waals surface area (Å²) in [6.45, 7) is 15.9. The lowest BCUT2D eigenvalue weighted by Gasteiger charge is -2.41. The molecule has 35 heavy (non-hydrogen) atoms. The van der Waals surface area contributed by atoms with Gasteiger partial charge >= 0.3 is 6.03 Å². The van der Waals surface area contributed by atoms with Crippen molar-refractivity contribution in [2.45, 2.75) is 45.7 Å². The zero-order valence-electron chi connectivity index (χ0n) is 20.5. The van der Waals surface area contributed by atoms with E-state index < -0.39 is 0 Å². The number of amides is 2. The predicted molar refractivity (Wildman–Crippen MR) is 134 cm³/mol. The van der Waals surface area contributed by atoms with Crippen LogP contribution in [0, 0.1) is 24.8 Å². The number of nitriles is 1. The molecule has 2 amide bonds. The van der Waals surface area contributed by atoms with E-state index in [1.54, 1.807) is 30.3 Å². The number of urea groups is 1. The van der Waals surface area contributed by atoms with Crippen molar-refractivity contribution in [1.29, 1.82) is 5.26 Å². The summed E-state index contributed by atoms with van der Waals surface area (Å²) < 4.78 is 0. The van der Waals surface area contributed by atoms with Crippen molar-refractivity contribution in [2.24, 2.45) is 0 Å². The first kappa shape index (κ1) is 24.4. The number of ketones is 1. The third-order valence-electron chi connectivity index (χ3n) is 7.13. The molecule has 0 aromatic heterocycles. The third-order valence-corrected chi connectivity index (χ3v) is 7.13. The quantitative estimate of drug-likeness (QED) is 0.475. The maximum absolute atomic E-state index is 12.9. The van der Waals surface area contributed by atoms with E-state index >= 15 is 0 Å². The van der Waals surface area contributed by atoms with Crippen LogP contribution >= 0.6 is 0 Å². The van der Waals surface area contributed by atoms with Gasteiger partial charge in [-0.2, -0.15) is 5.26 Å². The molecule has 2 aliphatic rings. The molecule has 0 N–H and O–H groups in total. The first-order valence-electron chi connectivity index (χ1n) is 12.2. The van der Waals surface area contributed by atoms with Gasteiger partial charge in [-0.1, -0.05) is 18.2 Å². The highest BCUT2D eigenvalue weighted by Crippen LogP contribution is 2.24. The summed E-state index contributed by atoms with van der Waals surface area (Å²) in [5, 5.41) is 9.61. The molecule has 7 heteroatoms. The Morgan fingerprint density at radius 2 is 1.86 bits per heavy atom. The van der Waals surface area contributed by atoms with Crippen LogP contribution in [-0.4, -0.2) is 65.3 Å². The molecule has 2 aliphatic heterocycles. The second kappa shape index (κ2) is 10.7. The maximum atomic E-state index is 12.9. The van der Waals surface area contributed by atoms with E-state index in [-0.39, 0.29) is 24.3 Å². The summed E-state index contributed by atoms with van der Waals surface area (Å²) in [6, 6.07) is 13.0. The van der Waals surface area contributed by atoms with Crippen molar-refractivity contribution in [2.75, 3.05) is 32.7 Å². The Morgan fingerprint density at radius 1 is 1.11 bits per heavy atom. The van der Waals surface area contributed by atoms with Crippen molar-refractivity contribution in [1.82, 2.24) is 14.7 Å². The van der Waals surface area contributed by atoms with Crippen molar-refractivity contribution in [3.8, 4) is 6.07 Å². The number of piperazine rings is 1. The fourth-order valence-corrected chi connectivity index (χ4v) is 5.07. The molecule has 2 saturated heterocycles.